The Morgan fingerprint density at radius 2 is 1.68 bits per heavy atom. The van der Waals surface area contributed by atoms with Crippen LogP contribution in [0.15, 0.2) is 24.3 Å². The molecule has 0 radical (unpaired) electrons. The normalized spacial score (nSPS) is 15.4. The Labute approximate surface area is 162 Å². The molecule has 2 rings (SSSR count). The van der Waals surface area contributed by atoms with E-state index >= 15 is 0 Å². The van der Waals surface area contributed by atoms with Gasteiger partial charge in [0.25, 0.3) is 5.91 Å². The Bertz CT molecular complexity index is 673. The van der Waals surface area contributed by atoms with Gasteiger partial charge in [-0.05, 0) is 30.9 Å². The zero-order valence-electron chi connectivity index (χ0n) is 15.9. The summed E-state index contributed by atoms with van der Waals surface area (Å²) in [6.07, 6.45) is -2.59. The highest BCUT2D eigenvalue weighted by Crippen LogP contribution is 2.28. The summed E-state index contributed by atoms with van der Waals surface area (Å²) in [6, 6.07) is 5.12. The summed E-state index contributed by atoms with van der Waals surface area (Å²) in [7, 11) is 0. The molecule has 1 fully saturated rings. The molecular weight excluding hydrogens is 377 g/mol. The van der Waals surface area contributed by atoms with Crippen LogP contribution in [0.5, 0.6) is 11.5 Å². The standard InChI is InChI=1S/C19H25F3N2O4/c1-13(2)17(18(26)24-9-5-6-10-24)23-16(25)11-27-14-7-3-4-8-15(14)28-12-19(20,21)22/h3-4,7-8,13,17H,5-6,9-12H2,1-2H3,(H,23,25)/t17-/m0/s1. The monoisotopic (exact) mass is 402 g/mol. The van der Waals surface area contributed by atoms with Gasteiger partial charge in [-0.25, -0.2) is 0 Å². The highest BCUT2D eigenvalue weighted by Gasteiger charge is 2.31. The van der Waals surface area contributed by atoms with Gasteiger partial charge in [-0.3, -0.25) is 9.59 Å². The summed E-state index contributed by atoms with van der Waals surface area (Å²) >= 11 is 0. The Kier molecular flexibility index (Phi) is 7.53. The molecule has 0 saturated carbocycles. The molecule has 9 heteroatoms. The lowest BCUT2D eigenvalue weighted by molar-refractivity contribution is -0.153. The molecule has 2 amide bonds. The third-order valence-corrected chi connectivity index (χ3v) is 4.27. The van der Waals surface area contributed by atoms with Crippen LogP contribution in [0.2, 0.25) is 0 Å². The molecule has 1 aliphatic rings. The minimum Gasteiger partial charge on any atom is -0.480 e. The van der Waals surface area contributed by atoms with E-state index < -0.39 is 31.3 Å². The quantitative estimate of drug-likeness (QED) is 0.726. The van der Waals surface area contributed by atoms with Gasteiger partial charge in [-0.1, -0.05) is 26.0 Å². The van der Waals surface area contributed by atoms with Crippen LogP contribution in [-0.2, 0) is 9.59 Å². The molecule has 1 atom stereocenters. The summed E-state index contributed by atoms with van der Waals surface area (Å²) in [5.74, 6) is -0.860. The van der Waals surface area contributed by atoms with Crippen molar-refractivity contribution in [2.24, 2.45) is 5.92 Å². The van der Waals surface area contributed by atoms with E-state index in [0.29, 0.717) is 13.1 Å². The molecule has 0 unspecified atom stereocenters. The number of halogens is 3. The molecular formula is C19H25F3N2O4. The molecule has 1 aliphatic heterocycles. The Balaban J connectivity index is 1.93. The van der Waals surface area contributed by atoms with E-state index in [4.69, 9.17) is 9.47 Å². The van der Waals surface area contributed by atoms with Crippen molar-refractivity contribution in [3.05, 3.63) is 24.3 Å². The van der Waals surface area contributed by atoms with Gasteiger partial charge in [0.2, 0.25) is 5.91 Å². The highest BCUT2D eigenvalue weighted by molar-refractivity contribution is 5.88. The fourth-order valence-electron chi connectivity index (χ4n) is 2.85. The predicted molar refractivity (Wildman–Crippen MR) is 96.1 cm³/mol. The van der Waals surface area contributed by atoms with Crippen LogP contribution in [0.1, 0.15) is 26.7 Å². The number of likely N-dealkylation sites (tertiary alicyclic amines) is 1. The van der Waals surface area contributed by atoms with Crippen LogP contribution < -0.4 is 14.8 Å². The molecule has 1 N–H and O–H groups in total. The smallest absolute Gasteiger partial charge is 0.422 e. The maximum atomic E-state index is 12.6. The van der Waals surface area contributed by atoms with Crippen LogP contribution in [0.25, 0.3) is 0 Å². The summed E-state index contributed by atoms with van der Waals surface area (Å²) in [6.45, 7) is 3.12. The van der Waals surface area contributed by atoms with Crippen molar-refractivity contribution in [1.29, 1.82) is 0 Å². The van der Waals surface area contributed by atoms with Gasteiger partial charge in [-0.15, -0.1) is 0 Å². The van der Waals surface area contributed by atoms with E-state index in [2.05, 4.69) is 5.32 Å². The Hall–Kier alpha value is -2.45. The number of rotatable bonds is 8. The largest absolute Gasteiger partial charge is 0.480 e. The summed E-state index contributed by atoms with van der Waals surface area (Å²) in [4.78, 5) is 26.6. The van der Waals surface area contributed by atoms with Crippen molar-refractivity contribution >= 4 is 11.8 Å². The Morgan fingerprint density at radius 3 is 2.21 bits per heavy atom. The molecule has 0 aromatic heterocycles. The van der Waals surface area contributed by atoms with Crippen molar-refractivity contribution in [2.75, 3.05) is 26.3 Å². The van der Waals surface area contributed by atoms with E-state index in [9.17, 15) is 22.8 Å². The first kappa shape index (κ1) is 21.8. The van der Waals surface area contributed by atoms with Crippen molar-refractivity contribution in [1.82, 2.24) is 10.2 Å². The first-order valence-corrected chi connectivity index (χ1v) is 9.17. The fraction of sp³-hybridized carbons (Fsp3) is 0.579. The van der Waals surface area contributed by atoms with Crippen LogP contribution in [0.3, 0.4) is 0 Å². The molecule has 1 heterocycles. The van der Waals surface area contributed by atoms with Gasteiger partial charge in [0.15, 0.2) is 24.7 Å². The lowest BCUT2D eigenvalue weighted by atomic mass is 10.0. The number of amides is 2. The summed E-state index contributed by atoms with van der Waals surface area (Å²) < 4.78 is 47.1. The van der Waals surface area contributed by atoms with Crippen molar-refractivity contribution in [3.63, 3.8) is 0 Å². The molecule has 6 nitrogen and oxygen atoms in total. The SMILES string of the molecule is CC(C)[C@H](NC(=O)COc1ccccc1OCC(F)(F)F)C(=O)N1CCCC1. The minimum atomic E-state index is -4.48. The minimum absolute atomic E-state index is 0.0221. The third kappa shape index (κ3) is 6.61. The molecule has 0 bridgehead atoms. The van der Waals surface area contributed by atoms with E-state index in [1.165, 1.54) is 18.2 Å². The number of ether oxygens (including phenoxy) is 2. The van der Waals surface area contributed by atoms with E-state index in [-0.39, 0.29) is 23.3 Å². The molecule has 0 aliphatic carbocycles. The van der Waals surface area contributed by atoms with Crippen LogP contribution >= 0.6 is 0 Å². The summed E-state index contributed by atoms with van der Waals surface area (Å²) in [5.41, 5.74) is 0. The van der Waals surface area contributed by atoms with Crippen LogP contribution in [0.4, 0.5) is 13.2 Å². The number of nitrogens with zero attached hydrogens (tertiary/aromatic N) is 1. The number of carbonyl (C=O) groups is 2. The molecule has 28 heavy (non-hydrogen) atoms. The molecule has 1 saturated heterocycles. The lowest BCUT2D eigenvalue weighted by Gasteiger charge is -2.26. The van der Waals surface area contributed by atoms with Crippen molar-refractivity contribution in [3.8, 4) is 11.5 Å². The maximum absolute atomic E-state index is 12.6. The van der Waals surface area contributed by atoms with E-state index in [1.807, 2.05) is 13.8 Å². The lowest BCUT2D eigenvalue weighted by Crippen LogP contribution is -2.51. The predicted octanol–water partition coefficient (Wildman–Crippen LogP) is 2.77. The molecule has 0 spiro atoms. The molecule has 156 valence electrons. The number of carbonyl (C=O) groups excluding carboxylic acids is 2. The van der Waals surface area contributed by atoms with Gasteiger partial charge < -0.3 is 19.7 Å². The fourth-order valence-corrected chi connectivity index (χ4v) is 2.85. The second kappa shape index (κ2) is 9.66. The average molecular weight is 402 g/mol. The third-order valence-electron chi connectivity index (χ3n) is 4.27. The van der Waals surface area contributed by atoms with Crippen LogP contribution in [-0.4, -0.2) is 55.2 Å². The number of para-hydroxylation sites is 2. The van der Waals surface area contributed by atoms with E-state index in [0.717, 1.165) is 12.8 Å². The van der Waals surface area contributed by atoms with Gasteiger partial charge in [-0.2, -0.15) is 13.2 Å². The topological polar surface area (TPSA) is 67.9 Å². The number of hydrogen-bond acceptors (Lipinski definition) is 4. The number of nitrogens with one attached hydrogen (secondary N) is 1. The van der Waals surface area contributed by atoms with Crippen LogP contribution in [0, 0.1) is 5.92 Å². The zero-order valence-corrected chi connectivity index (χ0v) is 15.9. The number of hydrogen-bond donors (Lipinski definition) is 1. The van der Waals surface area contributed by atoms with E-state index in [1.54, 1.807) is 11.0 Å². The average Bonchev–Trinajstić information content (AvgIpc) is 3.16. The zero-order chi connectivity index (χ0) is 20.7. The molecule has 1 aromatic carbocycles. The van der Waals surface area contributed by atoms with Gasteiger partial charge in [0, 0.05) is 13.1 Å². The number of benzene rings is 1. The first-order valence-electron chi connectivity index (χ1n) is 9.17. The summed E-state index contributed by atoms with van der Waals surface area (Å²) in [5, 5.41) is 2.66. The highest BCUT2D eigenvalue weighted by atomic mass is 19.4. The maximum Gasteiger partial charge on any atom is 0.422 e. The Morgan fingerprint density at radius 1 is 1.11 bits per heavy atom. The number of alkyl halides is 3. The van der Waals surface area contributed by atoms with Crippen molar-refractivity contribution < 1.29 is 32.2 Å². The van der Waals surface area contributed by atoms with Gasteiger partial charge in [0.1, 0.15) is 6.04 Å². The van der Waals surface area contributed by atoms with Crippen molar-refractivity contribution in [2.45, 2.75) is 38.9 Å². The molecule has 1 aromatic rings. The van der Waals surface area contributed by atoms with Gasteiger partial charge >= 0.3 is 6.18 Å². The van der Waals surface area contributed by atoms with Gasteiger partial charge in [0.05, 0.1) is 0 Å². The first-order chi connectivity index (χ1) is 13.2. The second-order valence-electron chi connectivity index (χ2n) is 6.96. The second-order valence-corrected chi connectivity index (χ2v) is 6.96.